The lowest BCUT2D eigenvalue weighted by Crippen LogP contribution is -2.47. The van der Waals surface area contributed by atoms with Crippen molar-refractivity contribution in [1.82, 2.24) is 9.44 Å². The summed E-state index contributed by atoms with van der Waals surface area (Å²) in [7, 11) is -12.4. The fourth-order valence-corrected chi connectivity index (χ4v) is 5.60. The van der Waals surface area contributed by atoms with Gasteiger partial charge in [-0.1, -0.05) is 84.9 Å². The Balaban J connectivity index is 2.06. The summed E-state index contributed by atoms with van der Waals surface area (Å²) in [5, 5.41) is 1.25. The van der Waals surface area contributed by atoms with Gasteiger partial charge < -0.3 is 0 Å². The molecule has 0 aromatic heterocycles. The molecule has 0 spiro atoms. The predicted octanol–water partition coefficient (Wildman–Crippen LogP) is 5.65. The van der Waals surface area contributed by atoms with E-state index in [1.54, 1.807) is 36.4 Å². The van der Waals surface area contributed by atoms with Crippen molar-refractivity contribution in [1.29, 1.82) is 0 Å². The highest BCUT2D eigenvalue weighted by molar-refractivity contribution is 7.90. The first-order chi connectivity index (χ1) is 17.6. The molecule has 0 bridgehead atoms. The standard InChI is InChI=1S/C24H18F6N2O4S2/c25-23(26,27)37(33,34)31-21(19-13-5-9-15-7-1-3-11-17(15)19)22(32-38(35,36)24(28,29)30)20-14-6-10-16-8-2-4-12-18(16)20/h1-14,21-22,31-32H/t21-,22-/m0/s1. The summed E-state index contributed by atoms with van der Waals surface area (Å²) in [5.41, 5.74) is -12.1. The Labute approximate surface area is 213 Å². The van der Waals surface area contributed by atoms with Gasteiger partial charge in [0.25, 0.3) is 0 Å². The van der Waals surface area contributed by atoms with E-state index >= 15 is 0 Å². The highest BCUT2D eigenvalue weighted by atomic mass is 32.2. The van der Waals surface area contributed by atoms with E-state index in [0.29, 0.717) is 10.8 Å². The van der Waals surface area contributed by atoms with Crippen LogP contribution < -0.4 is 9.44 Å². The Morgan fingerprint density at radius 3 is 1.16 bits per heavy atom. The molecule has 2 N–H and O–H groups in total. The third-order valence-corrected chi connectivity index (χ3v) is 8.17. The second-order valence-electron chi connectivity index (χ2n) is 8.23. The average molecular weight is 577 g/mol. The van der Waals surface area contributed by atoms with Crippen LogP contribution >= 0.6 is 0 Å². The van der Waals surface area contributed by atoms with Gasteiger partial charge in [-0.3, -0.25) is 0 Å². The number of benzene rings is 4. The SMILES string of the molecule is O=S(=O)(N[C@@H](c1cccc2ccccc12)[C@@H](NS(=O)(=O)C(F)(F)F)c1cccc2ccccc12)C(F)(F)F. The molecule has 0 aliphatic heterocycles. The maximum Gasteiger partial charge on any atom is 0.511 e. The van der Waals surface area contributed by atoms with Gasteiger partial charge in [0.05, 0.1) is 12.1 Å². The first-order valence-corrected chi connectivity index (χ1v) is 13.7. The summed E-state index contributed by atoms with van der Waals surface area (Å²) >= 11 is 0. The zero-order valence-corrected chi connectivity index (χ0v) is 20.6. The monoisotopic (exact) mass is 576 g/mol. The van der Waals surface area contributed by atoms with Crippen LogP contribution in [0, 0.1) is 0 Å². The fourth-order valence-electron chi connectivity index (χ4n) is 4.13. The summed E-state index contributed by atoms with van der Waals surface area (Å²) in [5.74, 6) is 0. The number of rotatable bonds is 7. The highest BCUT2D eigenvalue weighted by Gasteiger charge is 2.51. The van der Waals surface area contributed by atoms with Crippen LogP contribution in [-0.2, 0) is 20.0 Å². The van der Waals surface area contributed by atoms with E-state index in [0.717, 1.165) is 0 Å². The molecule has 4 aromatic rings. The van der Waals surface area contributed by atoms with Gasteiger partial charge in [0, 0.05) is 0 Å². The molecule has 0 aliphatic carbocycles. The quantitative estimate of drug-likeness (QED) is 0.278. The van der Waals surface area contributed by atoms with Gasteiger partial charge in [0.2, 0.25) is 0 Å². The summed E-state index contributed by atoms with van der Waals surface area (Å²) < 4.78 is 133. The summed E-state index contributed by atoms with van der Waals surface area (Å²) in [4.78, 5) is 0. The van der Waals surface area contributed by atoms with E-state index in [2.05, 4.69) is 0 Å². The number of hydrogen-bond acceptors (Lipinski definition) is 4. The van der Waals surface area contributed by atoms with Gasteiger partial charge in [-0.25, -0.2) is 16.8 Å². The zero-order chi connectivity index (χ0) is 27.9. The number of fused-ring (bicyclic) bond motifs is 2. The first kappa shape index (κ1) is 27.8. The lowest BCUT2D eigenvalue weighted by atomic mass is 9.89. The Morgan fingerprint density at radius 1 is 0.500 bits per heavy atom. The third kappa shape index (κ3) is 5.34. The normalized spacial score (nSPS) is 15.0. The van der Waals surface area contributed by atoms with Crippen LogP contribution in [0.2, 0.25) is 0 Å². The van der Waals surface area contributed by atoms with Gasteiger partial charge in [-0.05, 0) is 32.7 Å². The second kappa shape index (κ2) is 9.84. The van der Waals surface area contributed by atoms with E-state index < -0.39 is 43.1 Å². The van der Waals surface area contributed by atoms with E-state index in [-0.39, 0.29) is 21.9 Å². The highest BCUT2D eigenvalue weighted by Crippen LogP contribution is 2.40. The van der Waals surface area contributed by atoms with Crippen molar-refractivity contribution < 1.29 is 43.2 Å². The van der Waals surface area contributed by atoms with Crippen molar-refractivity contribution in [2.75, 3.05) is 0 Å². The smallest absolute Gasteiger partial charge is 0.203 e. The molecule has 0 amide bonds. The summed E-state index contributed by atoms with van der Waals surface area (Å²) in [6, 6.07) is 16.1. The van der Waals surface area contributed by atoms with Gasteiger partial charge in [0.15, 0.2) is 0 Å². The molecular formula is C24H18F6N2O4S2. The number of alkyl halides is 6. The van der Waals surface area contributed by atoms with Crippen LogP contribution in [-0.4, -0.2) is 27.9 Å². The molecule has 14 heteroatoms. The molecule has 0 saturated heterocycles. The molecule has 202 valence electrons. The Kier molecular flexibility index (Phi) is 7.20. The van der Waals surface area contributed by atoms with Crippen LogP contribution in [0.3, 0.4) is 0 Å². The van der Waals surface area contributed by atoms with Crippen LogP contribution in [0.5, 0.6) is 0 Å². The molecule has 0 radical (unpaired) electrons. The topological polar surface area (TPSA) is 92.3 Å². The first-order valence-electron chi connectivity index (χ1n) is 10.7. The zero-order valence-electron chi connectivity index (χ0n) is 19.0. The van der Waals surface area contributed by atoms with Gasteiger partial charge >= 0.3 is 31.1 Å². The minimum Gasteiger partial charge on any atom is -0.203 e. The van der Waals surface area contributed by atoms with Crippen molar-refractivity contribution in [3.63, 3.8) is 0 Å². The molecule has 0 saturated carbocycles. The maximum atomic E-state index is 13.5. The van der Waals surface area contributed by atoms with Crippen LogP contribution in [0.4, 0.5) is 26.3 Å². The van der Waals surface area contributed by atoms with E-state index in [1.165, 1.54) is 58.0 Å². The third-order valence-electron chi connectivity index (χ3n) is 5.82. The molecule has 0 fully saturated rings. The fraction of sp³-hybridized carbons (Fsp3) is 0.167. The van der Waals surface area contributed by atoms with Crippen molar-refractivity contribution in [2.45, 2.75) is 23.1 Å². The predicted molar refractivity (Wildman–Crippen MR) is 130 cm³/mol. The largest absolute Gasteiger partial charge is 0.511 e. The maximum absolute atomic E-state index is 13.5. The molecule has 2 atom stereocenters. The van der Waals surface area contributed by atoms with E-state index in [9.17, 15) is 43.2 Å². The van der Waals surface area contributed by atoms with E-state index in [1.807, 2.05) is 0 Å². The molecule has 4 rings (SSSR count). The number of hydrogen-bond donors (Lipinski definition) is 2. The van der Waals surface area contributed by atoms with Gasteiger partial charge in [0.1, 0.15) is 0 Å². The summed E-state index contributed by atoms with van der Waals surface area (Å²) in [6.07, 6.45) is 0. The Hall–Kier alpha value is -3.20. The number of sulfonamides is 2. The van der Waals surface area contributed by atoms with E-state index in [4.69, 9.17) is 0 Å². The molecular weight excluding hydrogens is 558 g/mol. The van der Waals surface area contributed by atoms with Gasteiger partial charge in [-0.15, -0.1) is 0 Å². The molecule has 4 aromatic carbocycles. The number of halogens is 6. The lowest BCUT2D eigenvalue weighted by Gasteiger charge is -2.31. The lowest BCUT2D eigenvalue weighted by molar-refractivity contribution is -0.0465. The Bertz CT molecular complexity index is 1570. The molecule has 0 unspecified atom stereocenters. The number of nitrogens with one attached hydrogen (secondary N) is 2. The average Bonchev–Trinajstić information content (AvgIpc) is 2.84. The summed E-state index contributed by atoms with van der Waals surface area (Å²) in [6.45, 7) is 0. The Morgan fingerprint density at radius 2 is 0.816 bits per heavy atom. The van der Waals surface area contributed by atoms with Crippen LogP contribution in [0.1, 0.15) is 23.2 Å². The second-order valence-corrected chi connectivity index (χ2v) is 11.6. The minimum absolute atomic E-state index is 0.182. The van der Waals surface area contributed by atoms with Crippen molar-refractivity contribution in [3.05, 3.63) is 96.1 Å². The molecule has 0 aliphatic rings. The molecule has 6 nitrogen and oxygen atoms in total. The van der Waals surface area contributed by atoms with Crippen molar-refractivity contribution in [2.24, 2.45) is 0 Å². The minimum atomic E-state index is -6.18. The molecule has 0 heterocycles. The van der Waals surface area contributed by atoms with Crippen molar-refractivity contribution in [3.8, 4) is 0 Å². The van der Waals surface area contributed by atoms with Crippen molar-refractivity contribution >= 4 is 41.6 Å². The molecule has 38 heavy (non-hydrogen) atoms. The van der Waals surface area contributed by atoms with Crippen LogP contribution in [0.15, 0.2) is 84.9 Å². The van der Waals surface area contributed by atoms with Crippen LogP contribution in [0.25, 0.3) is 21.5 Å². The van der Waals surface area contributed by atoms with Gasteiger partial charge in [-0.2, -0.15) is 35.8 Å².